The van der Waals surface area contributed by atoms with E-state index in [-0.39, 0.29) is 68.9 Å². The van der Waals surface area contributed by atoms with Gasteiger partial charge in [0.1, 0.15) is 48.3 Å². The van der Waals surface area contributed by atoms with Crippen LogP contribution in [0.5, 0.6) is 0 Å². The van der Waals surface area contributed by atoms with Crippen LogP contribution in [0.15, 0.2) is 9.98 Å². The van der Waals surface area contributed by atoms with Gasteiger partial charge in [-0.15, -0.1) is 0 Å². The van der Waals surface area contributed by atoms with E-state index in [1.165, 1.54) is 0 Å². The van der Waals surface area contributed by atoms with Crippen molar-refractivity contribution in [1.82, 2.24) is 42.5 Å². The Bertz CT molecular complexity index is 2030. The highest BCUT2D eigenvalue weighted by Gasteiger charge is 2.36. The highest BCUT2D eigenvalue weighted by molar-refractivity contribution is 5.98. The molecule has 0 heterocycles. The van der Waals surface area contributed by atoms with Gasteiger partial charge in [0, 0.05) is 25.9 Å². The number of nitrogens with two attached hydrogens (primary N) is 6. The Kier molecular flexibility index (Phi) is 32.2. The summed E-state index contributed by atoms with van der Waals surface area (Å²) in [6.45, 7) is 5.71. The normalized spacial score (nSPS) is 15.0. The Balaban J connectivity index is 6.39. The second kappa shape index (κ2) is 35.7. The number of hydrogen-bond donors (Lipinski definition) is 19. The predicted octanol–water partition coefficient (Wildman–Crippen LogP) is -8.03. The number of nitrogens with zero attached hydrogens (tertiary/aromatic N) is 2. The lowest BCUT2D eigenvalue weighted by molar-refractivity contribution is -0.143. The molecule has 0 fully saturated rings. The second-order valence-corrected chi connectivity index (χ2v) is 18.6. The molecule has 0 saturated carbocycles. The van der Waals surface area contributed by atoms with Crippen molar-refractivity contribution in [1.29, 1.82) is 0 Å². The third-order valence-electron chi connectivity index (χ3n) is 10.8. The highest BCUT2D eigenvalue weighted by Crippen LogP contribution is 2.11. The van der Waals surface area contributed by atoms with Gasteiger partial charge in [0.05, 0.1) is 25.4 Å². The molecular weight excluding hydrogens is 1010 g/mol. The van der Waals surface area contributed by atoms with Crippen LogP contribution >= 0.6 is 0 Å². The smallest absolute Gasteiger partial charge is 0.326 e. The number of aliphatic imine (C=N–C) groups is 2. The molecule has 0 aliphatic rings. The Hall–Kier alpha value is -7.45. The number of guanidine groups is 2. The first-order valence-electron chi connectivity index (χ1n) is 24.4. The maximum absolute atomic E-state index is 13.7. The van der Waals surface area contributed by atoms with Crippen molar-refractivity contribution in [3.05, 3.63) is 0 Å². The van der Waals surface area contributed by atoms with Crippen molar-refractivity contribution in [2.24, 2.45) is 56.2 Å². The molecule has 76 heavy (non-hydrogen) atoms. The lowest BCUT2D eigenvalue weighted by atomic mass is 10.0. The van der Waals surface area contributed by atoms with Crippen LogP contribution in [0.2, 0.25) is 0 Å². The SMILES string of the molecule is CC(C)C[C@H](NC(=O)[C@H](CCCN=C(N)N)NC(=O)[C@H](CCC(=O)O)NC(=O)[C@H](CO)NC(=O)[C@@H](NC(=O)[C@H](CO)NC(=O)[C@H](CCC(N)=O)NC(=O)[C@H](CC(C)C)NC(=O)[C@@H](N)CCCN=C(N)N)[C@@H](C)O)C(=O)O. The highest BCUT2D eigenvalue weighted by atomic mass is 16.4. The maximum Gasteiger partial charge on any atom is 0.326 e. The van der Waals surface area contributed by atoms with Gasteiger partial charge in [0.15, 0.2) is 11.9 Å². The van der Waals surface area contributed by atoms with Crippen molar-refractivity contribution in [3.63, 3.8) is 0 Å². The molecule has 25 N–H and O–H groups in total. The number of hydrogen-bond acceptors (Lipinski definition) is 17. The summed E-state index contributed by atoms with van der Waals surface area (Å²) in [6.07, 6.45) is -3.67. The van der Waals surface area contributed by atoms with Crippen molar-refractivity contribution >= 4 is 77.0 Å². The molecule has 32 heteroatoms. The Labute approximate surface area is 438 Å². The fraction of sp³-hybridized carbons (Fsp3) is 0.705. The van der Waals surface area contributed by atoms with Gasteiger partial charge >= 0.3 is 11.9 Å². The van der Waals surface area contributed by atoms with Gasteiger partial charge < -0.3 is 102 Å². The zero-order valence-electron chi connectivity index (χ0n) is 43.4. The van der Waals surface area contributed by atoms with Gasteiger partial charge in [0.2, 0.25) is 53.2 Å². The largest absolute Gasteiger partial charge is 0.481 e. The lowest BCUT2D eigenvalue weighted by Gasteiger charge is -2.28. The van der Waals surface area contributed by atoms with Crippen molar-refractivity contribution in [2.75, 3.05) is 26.3 Å². The first kappa shape index (κ1) is 68.6. The van der Waals surface area contributed by atoms with Crippen LogP contribution in [0.3, 0.4) is 0 Å². The minimum atomic E-state index is -2.00. The quantitative estimate of drug-likeness (QED) is 0.0155. The summed E-state index contributed by atoms with van der Waals surface area (Å²) in [6, 6.07) is -14.5. The molecule has 0 saturated heterocycles. The zero-order chi connectivity index (χ0) is 58.4. The first-order chi connectivity index (χ1) is 35.4. The van der Waals surface area contributed by atoms with Crippen LogP contribution in [-0.2, 0) is 52.7 Å². The van der Waals surface area contributed by atoms with Crippen LogP contribution in [0.4, 0.5) is 0 Å². The molecular formula is C44H80N16O16. The molecule has 0 aliphatic heterocycles. The zero-order valence-corrected chi connectivity index (χ0v) is 43.4. The van der Waals surface area contributed by atoms with Crippen LogP contribution in [0.25, 0.3) is 0 Å². The second-order valence-electron chi connectivity index (χ2n) is 18.6. The molecule has 0 aromatic heterocycles. The molecule has 0 spiro atoms. The van der Waals surface area contributed by atoms with Crippen LogP contribution < -0.4 is 76.9 Å². The standard InChI is InChI=1S/C44H80N16O16/c1-20(2)16-27(56-34(67)23(45)8-6-14-51-43(47)48)38(71)54-25(10-12-31(46)64)37(70)58-30(19-62)40(73)60-33(22(5)63)41(74)59-29(18-61)39(72)55-26(11-13-32(65)66)36(69)53-24(9-7-15-52-44(49)50)35(68)57-28(42(75)76)17-21(3)4/h20-30,33,61-63H,6-19,45H2,1-5H3,(H2,46,64)(H,53,69)(H,54,71)(H,55,72)(H,56,67)(H,57,68)(H,58,70)(H,59,74)(H,60,73)(H,65,66)(H,75,76)(H4,47,48,51)(H4,49,50,52)/t22-,23+,24+,25+,26+,27+,28+,29+,30+,33+/m1/s1. The van der Waals surface area contributed by atoms with E-state index >= 15 is 0 Å². The molecule has 32 nitrogen and oxygen atoms in total. The van der Waals surface area contributed by atoms with Crippen molar-refractivity contribution in [2.45, 2.75) is 159 Å². The van der Waals surface area contributed by atoms with Crippen molar-refractivity contribution in [3.8, 4) is 0 Å². The molecule has 0 rings (SSSR count). The maximum atomic E-state index is 13.7. The predicted molar refractivity (Wildman–Crippen MR) is 271 cm³/mol. The van der Waals surface area contributed by atoms with E-state index in [0.29, 0.717) is 6.42 Å². The van der Waals surface area contributed by atoms with Gasteiger partial charge in [-0.05, 0) is 70.1 Å². The molecule has 0 radical (unpaired) electrons. The first-order valence-corrected chi connectivity index (χ1v) is 24.4. The molecule has 9 amide bonds. The third kappa shape index (κ3) is 28.3. The number of carboxylic acid groups (broad SMARTS) is 2. The summed E-state index contributed by atoms with van der Waals surface area (Å²) >= 11 is 0. The van der Waals surface area contributed by atoms with E-state index in [4.69, 9.17) is 34.4 Å². The van der Waals surface area contributed by atoms with E-state index in [0.717, 1.165) is 6.92 Å². The van der Waals surface area contributed by atoms with Gasteiger partial charge in [-0.3, -0.25) is 57.9 Å². The van der Waals surface area contributed by atoms with E-state index in [1.54, 1.807) is 27.7 Å². The Morgan fingerprint density at radius 3 is 1.21 bits per heavy atom. The minimum Gasteiger partial charge on any atom is -0.481 e. The van der Waals surface area contributed by atoms with Crippen LogP contribution in [0, 0.1) is 11.8 Å². The number of aliphatic hydroxyl groups is 3. The Morgan fingerprint density at radius 2 is 0.803 bits per heavy atom. The number of nitrogens with one attached hydrogen (secondary N) is 8. The summed E-state index contributed by atoms with van der Waals surface area (Å²) in [5.74, 6) is -13.3. The molecule has 0 bridgehead atoms. The number of primary amides is 1. The summed E-state index contributed by atoms with van der Waals surface area (Å²) < 4.78 is 0. The van der Waals surface area contributed by atoms with E-state index in [2.05, 4.69) is 52.5 Å². The molecule has 0 aliphatic carbocycles. The summed E-state index contributed by atoms with van der Waals surface area (Å²) in [5, 5.41) is 68.2. The fourth-order valence-electron chi connectivity index (χ4n) is 6.86. The molecule has 10 atom stereocenters. The average Bonchev–Trinajstić information content (AvgIpc) is 3.32. The molecule has 432 valence electrons. The topological polar surface area (TPSA) is 566 Å². The molecule has 0 aromatic rings. The summed E-state index contributed by atoms with van der Waals surface area (Å²) in [5.41, 5.74) is 32.7. The number of aliphatic hydroxyl groups excluding tert-OH is 3. The van der Waals surface area contributed by atoms with E-state index < -0.39 is 164 Å². The number of rotatable bonds is 38. The van der Waals surface area contributed by atoms with Crippen LogP contribution in [-0.4, -0.2) is 189 Å². The number of carbonyl (C=O) groups excluding carboxylic acids is 9. The molecule has 0 aromatic carbocycles. The third-order valence-corrected chi connectivity index (χ3v) is 10.8. The van der Waals surface area contributed by atoms with E-state index in [9.17, 15) is 78.3 Å². The summed E-state index contributed by atoms with van der Waals surface area (Å²) in [7, 11) is 0. The summed E-state index contributed by atoms with van der Waals surface area (Å²) in [4.78, 5) is 151. The fourth-order valence-corrected chi connectivity index (χ4v) is 6.86. The number of carbonyl (C=O) groups is 11. The number of carboxylic acids is 2. The Morgan fingerprint density at radius 1 is 0.447 bits per heavy atom. The van der Waals surface area contributed by atoms with Gasteiger partial charge in [-0.25, -0.2) is 4.79 Å². The van der Waals surface area contributed by atoms with Gasteiger partial charge in [0.25, 0.3) is 0 Å². The van der Waals surface area contributed by atoms with Gasteiger partial charge in [-0.2, -0.15) is 0 Å². The van der Waals surface area contributed by atoms with Gasteiger partial charge in [-0.1, -0.05) is 27.7 Å². The average molecular weight is 1090 g/mol. The number of aliphatic carboxylic acids is 2. The van der Waals surface area contributed by atoms with Crippen molar-refractivity contribution < 1.29 is 78.3 Å². The lowest BCUT2D eigenvalue weighted by Crippen LogP contribution is -2.63. The van der Waals surface area contributed by atoms with Crippen LogP contribution in [0.1, 0.15) is 98.8 Å². The monoisotopic (exact) mass is 1090 g/mol. The minimum absolute atomic E-state index is 0.00730. The number of amides is 9. The van der Waals surface area contributed by atoms with E-state index in [1.807, 2.05) is 0 Å². The molecule has 0 unspecified atom stereocenters.